The average molecular weight is 277 g/mol. The van der Waals surface area contributed by atoms with Crippen molar-refractivity contribution in [3.63, 3.8) is 0 Å². The fraction of sp³-hybridized carbons (Fsp3) is 0.500. The predicted octanol–water partition coefficient (Wildman–Crippen LogP) is 1.08. The van der Waals surface area contributed by atoms with Gasteiger partial charge in [-0.2, -0.15) is 0 Å². The number of carbonyl (C=O) groups is 2. The van der Waals surface area contributed by atoms with Gasteiger partial charge >= 0.3 is 5.97 Å². The van der Waals surface area contributed by atoms with Crippen molar-refractivity contribution in [2.75, 3.05) is 32.1 Å². The molecule has 6 nitrogen and oxygen atoms in total. The number of pyridine rings is 1. The second-order valence-corrected chi connectivity index (χ2v) is 5.32. The first kappa shape index (κ1) is 14.3. The molecular weight excluding hydrogens is 258 g/mol. The lowest BCUT2D eigenvalue weighted by atomic mass is 10.2. The van der Waals surface area contributed by atoms with Gasteiger partial charge in [0.15, 0.2) is 0 Å². The molecule has 6 heteroatoms. The normalized spacial score (nSPS) is 13.9. The third-order valence-corrected chi connectivity index (χ3v) is 3.23. The maximum atomic E-state index is 11.8. The summed E-state index contributed by atoms with van der Waals surface area (Å²) in [5, 5.41) is 8.96. The maximum absolute atomic E-state index is 11.8. The summed E-state index contributed by atoms with van der Waals surface area (Å²) in [6.07, 6.45) is 3.79. The number of rotatable bonds is 6. The Bertz CT molecular complexity index is 495. The van der Waals surface area contributed by atoms with E-state index < -0.39 is 5.97 Å². The molecule has 108 valence electrons. The predicted molar refractivity (Wildman–Crippen MR) is 74.8 cm³/mol. The molecule has 20 heavy (non-hydrogen) atoms. The van der Waals surface area contributed by atoms with Crippen LogP contribution in [0.1, 0.15) is 23.2 Å². The average Bonchev–Trinajstić information content (AvgIpc) is 3.20. The highest BCUT2D eigenvalue weighted by atomic mass is 16.4. The Morgan fingerprint density at radius 1 is 1.35 bits per heavy atom. The minimum absolute atomic E-state index is 0.0650. The van der Waals surface area contributed by atoms with Crippen molar-refractivity contribution >= 4 is 17.7 Å². The van der Waals surface area contributed by atoms with Gasteiger partial charge in [-0.15, -0.1) is 0 Å². The van der Waals surface area contributed by atoms with Crippen LogP contribution in [0.2, 0.25) is 0 Å². The molecule has 1 amide bonds. The first-order valence-electron chi connectivity index (χ1n) is 6.62. The molecule has 2 rings (SSSR count). The van der Waals surface area contributed by atoms with Crippen molar-refractivity contribution in [1.29, 1.82) is 0 Å². The minimum Gasteiger partial charge on any atom is -0.480 e. The van der Waals surface area contributed by atoms with Crippen LogP contribution in [0.3, 0.4) is 0 Å². The monoisotopic (exact) mass is 277 g/mol. The molecule has 0 aromatic carbocycles. The van der Waals surface area contributed by atoms with Crippen molar-refractivity contribution in [3.8, 4) is 0 Å². The van der Waals surface area contributed by atoms with Gasteiger partial charge in [0.25, 0.3) is 5.91 Å². The van der Waals surface area contributed by atoms with Crippen molar-refractivity contribution in [2.24, 2.45) is 5.92 Å². The van der Waals surface area contributed by atoms with E-state index in [0.29, 0.717) is 23.8 Å². The van der Waals surface area contributed by atoms with Gasteiger partial charge < -0.3 is 14.9 Å². The topological polar surface area (TPSA) is 73.7 Å². The van der Waals surface area contributed by atoms with Crippen LogP contribution in [0.4, 0.5) is 5.82 Å². The van der Waals surface area contributed by atoms with Crippen LogP contribution < -0.4 is 4.90 Å². The van der Waals surface area contributed by atoms with E-state index in [1.54, 1.807) is 31.1 Å². The van der Waals surface area contributed by atoms with Gasteiger partial charge in [0.05, 0.1) is 5.56 Å². The van der Waals surface area contributed by atoms with E-state index in [-0.39, 0.29) is 12.5 Å². The number of carbonyl (C=O) groups excluding carboxylic acids is 1. The highest BCUT2D eigenvalue weighted by Gasteiger charge is 2.26. The Kier molecular flexibility index (Phi) is 4.22. The Labute approximate surface area is 118 Å². The van der Waals surface area contributed by atoms with E-state index in [1.165, 1.54) is 11.1 Å². The van der Waals surface area contributed by atoms with Crippen LogP contribution >= 0.6 is 0 Å². The van der Waals surface area contributed by atoms with Gasteiger partial charge in [-0.05, 0) is 30.9 Å². The lowest BCUT2D eigenvalue weighted by molar-refractivity contribution is -0.135. The van der Waals surface area contributed by atoms with Crippen molar-refractivity contribution in [1.82, 2.24) is 9.88 Å². The molecule has 1 N–H and O–H groups in total. The van der Waals surface area contributed by atoms with E-state index in [9.17, 15) is 9.59 Å². The number of aromatic nitrogens is 1. The number of amides is 1. The molecule has 0 aliphatic heterocycles. The summed E-state index contributed by atoms with van der Waals surface area (Å²) >= 11 is 0. The maximum Gasteiger partial charge on any atom is 0.323 e. The molecule has 1 saturated carbocycles. The summed E-state index contributed by atoms with van der Waals surface area (Å²) in [5.41, 5.74) is 0.500. The quantitative estimate of drug-likeness (QED) is 0.842. The summed E-state index contributed by atoms with van der Waals surface area (Å²) in [6.45, 7) is 0.644. The first-order valence-corrected chi connectivity index (χ1v) is 6.62. The molecule has 1 aliphatic carbocycles. The SMILES string of the molecule is CN(C)C(=O)c1ccc(N(CC(=O)O)CC2CC2)nc1. The Hall–Kier alpha value is -2.11. The summed E-state index contributed by atoms with van der Waals surface area (Å²) in [6, 6.07) is 3.40. The fourth-order valence-corrected chi connectivity index (χ4v) is 1.97. The summed E-state index contributed by atoms with van der Waals surface area (Å²) in [5.74, 6) is 0.186. The summed E-state index contributed by atoms with van der Waals surface area (Å²) < 4.78 is 0. The van der Waals surface area contributed by atoms with Crippen molar-refractivity contribution < 1.29 is 14.7 Å². The molecule has 0 unspecified atom stereocenters. The van der Waals surface area contributed by atoms with Crippen LogP contribution in [0.5, 0.6) is 0 Å². The molecule has 1 heterocycles. The van der Waals surface area contributed by atoms with Crippen LogP contribution in [0.25, 0.3) is 0 Å². The van der Waals surface area contributed by atoms with Gasteiger partial charge in [-0.3, -0.25) is 9.59 Å². The second kappa shape index (κ2) is 5.90. The number of hydrogen-bond acceptors (Lipinski definition) is 4. The highest BCUT2D eigenvalue weighted by Crippen LogP contribution is 2.30. The zero-order chi connectivity index (χ0) is 14.7. The first-order chi connectivity index (χ1) is 9.47. The van der Waals surface area contributed by atoms with Crippen LogP contribution in [-0.2, 0) is 4.79 Å². The summed E-state index contributed by atoms with van der Waals surface area (Å²) in [4.78, 5) is 30.2. The zero-order valence-corrected chi connectivity index (χ0v) is 11.7. The van der Waals surface area contributed by atoms with Gasteiger partial charge in [-0.25, -0.2) is 4.98 Å². The third kappa shape index (κ3) is 3.69. The minimum atomic E-state index is -0.874. The van der Waals surface area contributed by atoms with Gasteiger partial charge in [0.2, 0.25) is 0 Å². The molecule has 1 fully saturated rings. The van der Waals surface area contributed by atoms with Crippen LogP contribution in [0.15, 0.2) is 18.3 Å². The molecule has 0 atom stereocenters. The molecule has 1 aromatic rings. The Morgan fingerprint density at radius 3 is 2.50 bits per heavy atom. The largest absolute Gasteiger partial charge is 0.480 e. The number of nitrogens with zero attached hydrogens (tertiary/aromatic N) is 3. The van der Waals surface area contributed by atoms with E-state index in [4.69, 9.17) is 5.11 Å². The van der Waals surface area contributed by atoms with Crippen LogP contribution in [0, 0.1) is 5.92 Å². The van der Waals surface area contributed by atoms with E-state index in [2.05, 4.69) is 4.98 Å². The van der Waals surface area contributed by atoms with E-state index >= 15 is 0 Å². The lowest BCUT2D eigenvalue weighted by Crippen LogP contribution is -2.32. The number of aliphatic carboxylic acids is 1. The number of anilines is 1. The molecule has 0 radical (unpaired) electrons. The highest BCUT2D eigenvalue weighted by molar-refractivity contribution is 5.93. The molecule has 1 aromatic heterocycles. The van der Waals surface area contributed by atoms with Crippen LogP contribution in [-0.4, -0.2) is 54.1 Å². The van der Waals surface area contributed by atoms with E-state index in [0.717, 1.165) is 12.8 Å². The Morgan fingerprint density at radius 2 is 2.05 bits per heavy atom. The number of carboxylic acid groups (broad SMARTS) is 1. The zero-order valence-electron chi connectivity index (χ0n) is 11.7. The summed E-state index contributed by atoms with van der Waals surface area (Å²) in [7, 11) is 3.36. The van der Waals surface area contributed by atoms with Gasteiger partial charge in [0.1, 0.15) is 12.4 Å². The second-order valence-electron chi connectivity index (χ2n) is 5.32. The fourth-order valence-electron chi connectivity index (χ4n) is 1.97. The number of carboxylic acids is 1. The lowest BCUT2D eigenvalue weighted by Gasteiger charge is -2.21. The molecule has 1 aliphatic rings. The molecule has 0 spiro atoms. The van der Waals surface area contributed by atoms with Gasteiger partial charge in [-0.1, -0.05) is 0 Å². The standard InChI is InChI=1S/C14H19N3O3/c1-16(2)14(20)11-5-6-12(15-7-11)17(9-13(18)19)8-10-3-4-10/h5-7,10H,3-4,8-9H2,1-2H3,(H,18,19). The Balaban J connectivity index is 2.12. The van der Waals surface area contributed by atoms with Gasteiger partial charge in [0, 0.05) is 26.8 Å². The molecule has 0 bridgehead atoms. The molecular formula is C14H19N3O3. The third-order valence-electron chi connectivity index (χ3n) is 3.23. The number of hydrogen-bond donors (Lipinski definition) is 1. The van der Waals surface area contributed by atoms with Crippen molar-refractivity contribution in [2.45, 2.75) is 12.8 Å². The van der Waals surface area contributed by atoms with E-state index in [1.807, 2.05) is 0 Å². The molecule has 0 saturated heterocycles. The van der Waals surface area contributed by atoms with Crippen molar-refractivity contribution in [3.05, 3.63) is 23.9 Å². The smallest absolute Gasteiger partial charge is 0.323 e.